The average molecular weight is 544 g/mol. The summed E-state index contributed by atoms with van der Waals surface area (Å²) in [6.45, 7) is 3.00. The van der Waals surface area contributed by atoms with Gasteiger partial charge in [-0.25, -0.2) is 8.42 Å². The van der Waals surface area contributed by atoms with Crippen LogP contribution in [0.15, 0.2) is 77.7 Å². The fraction of sp³-hybridized carbons (Fsp3) is 0.259. The first kappa shape index (κ1) is 28.0. The summed E-state index contributed by atoms with van der Waals surface area (Å²) in [5.74, 6) is -0.318. The van der Waals surface area contributed by atoms with Crippen LogP contribution in [0.5, 0.6) is 5.75 Å². The summed E-state index contributed by atoms with van der Waals surface area (Å²) in [7, 11) is -1.12. The molecule has 0 saturated carbocycles. The fourth-order valence-electron chi connectivity index (χ4n) is 3.80. The zero-order chi connectivity index (χ0) is 27.2. The summed E-state index contributed by atoms with van der Waals surface area (Å²) in [6.07, 6.45) is 0. The molecule has 2 amide bonds. The molecule has 10 heteroatoms. The summed E-state index contributed by atoms with van der Waals surface area (Å²) >= 11 is 5.97. The molecule has 0 aliphatic carbocycles. The van der Waals surface area contributed by atoms with Crippen molar-refractivity contribution in [2.45, 2.75) is 31.3 Å². The molecule has 0 spiro atoms. The number of nitrogens with zero attached hydrogens (tertiary/aromatic N) is 2. The number of benzene rings is 3. The van der Waals surface area contributed by atoms with E-state index in [0.29, 0.717) is 16.5 Å². The number of amides is 2. The molecule has 37 heavy (non-hydrogen) atoms. The molecule has 0 aromatic heterocycles. The zero-order valence-electron chi connectivity index (χ0n) is 21.1. The summed E-state index contributed by atoms with van der Waals surface area (Å²) in [5, 5.41) is 2.95. The molecule has 0 heterocycles. The van der Waals surface area contributed by atoms with E-state index in [0.717, 1.165) is 15.4 Å². The Balaban J connectivity index is 2.03. The maximum absolute atomic E-state index is 13.8. The molecule has 0 aliphatic heterocycles. The molecular weight excluding hydrogens is 514 g/mol. The van der Waals surface area contributed by atoms with Crippen LogP contribution in [0.25, 0.3) is 0 Å². The molecule has 8 nitrogen and oxygen atoms in total. The van der Waals surface area contributed by atoms with Crippen LogP contribution in [-0.2, 0) is 26.2 Å². The lowest BCUT2D eigenvalue weighted by Crippen LogP contribution is -2.50. The van der Waals surface area contributed by atoms with Gasteiger partial charge in [0, 0.05) is 18.6 Å². The minimum absolute atomic E-state index is 0.00935. The van der Waals surface area contributed by atoms with Gasteiger partial charge in [0.05, 0.1) is 17.7 Å². The SMILES string of the molecule is CNC(=O)[C@H](C)N(Cc1cccc(OC)c1)C(=O)CN(c1cccc(C)c1)S(=O)(=O)c1ccc(Cl)cc1. The molecule has 1 atom stereocenters. The lowest BCUT2D eigenvalue weighted by atomic mass is 10.1. The number of likely N-dealkylation sites (N-methyl/N-ethyl adjacent to an activating group) is 1. The van der Waals surface area contributed by atoms with E-state index < -0.39 is 28.5 Å². The smallest absolute Gasteiger partial charge is 0.264 e. The molecule has 0 aliphatic rings. The lowest BCUT2D eigenvalue weighted by molar-refractivity contribution is -0.139. The topological polar surface area (TPSA) is 96.0 Å². The van der Waals surface area contributed by atoms with Crippen molar-refractivity contribution < 1.29 is 22.7 Å². The summed E-state index contributed by atoms with van der Waals surface area (Å²) in [6, 6.07) is 18.9. The number of ether oxygens (including phenoxy) is 1. The van der Waals surface area contributed by atoms with Gasteiger partial charge >= 0.3 is 0 Å². The Morgan fingerprint density at radius 1 is 1.03 bits per heavy atom. The van der Waals surface area contributed by atoms with Crippen molar-refractivity contribution in [3.8, 4) is 5.75 Å². The maximum Gasteiger partial charge on any atom is 0.264 e. The first-order valence-electron chi connectivity index (χ1n) is 11.6. The predicted molar refractivity (Wildman–Crippen MR) is 144 cm³/mol. The highest BCUT2D eigenvalue weighted by molar-refractivity contribution is 7.92. The van der Waals surface area contributed by atoms with Gasteiger partial charge in [0.25, 0.3) is 10.0 Å². The molecule has 0 saturated heterocycles. The third-order valence-electron chi connectivity index (χ3n) is 5.87. The van der Waals surface area contributed by atoms with Crippen molar-refractivity contribution in [3.05, 3.63) is 88.9 Å². The highest BCUT2D eigenvalue weighted by Crippen LogP contribution is 2.26. The average Bonchev–Trinajstić information content (AvgIpc) is 2.89. The van der Waals surface area contributed by atoms with Gasteiger partial charge in [-0.1, -0.05) is 35.9 Å². The molecule has 0 bridgehead atoms. The van der Waals surface area contributed by atoms with E-state index in [-0.39, 0.29) is 17.3 Å². The molecule has 0 radical (unpaired) electrons. The lowest BCUT2D eigenvalue weighted by Gasteiger charge is -2.32. The highest BCUT2D eigenvalue weighted by atomic mass is 35.5. The molecule has 0 unspecified atom stereocenters. The second kappa shape index (κ2) is 12.1. The standard InChI is InChI=1S/C27H30ClN3O5S/c1-19-7-5-9-23(15-19)31(37(34,35)25-13-11-22(28)12-14-25)18-26(32)30(20(2)27(33)29-3)17-21-8-6-10-24(16-21)36-4/h5-16,20H,17-18H2,1-4H3,(H,29,33)/t20-/m0/s1. The van der Waals surface area contributed by atoms with Crippen LogP contribution >= 0.6 is 11.6 Å². The van der Waals surface area contributed by atoms with Gasteiger partial charge in [-0.15, -0.1) is 0 Å². The number of carbonyl (C=O) groups excluding carboxylic acids is 2. The van der Waals surface area contributed by atoms with Crippen LogP contribution in [0.1, 0.15) is 18.1 Å². The van der Waals surface area contributed by atoms with E-state index in [1.807, 2.05) is 19.1 Å². The number of rotatable bonds is 10. The quantitative estimate of drug-likeness (QED) is 0.417. The first-order valence-corrected chi connectivity index (χ1v) is 13.4. The fourth-order valence-corrected chi connectivity index (χ4v) is 5.34. The van der Waals surface area contributed by atoms with Crippen LogP contribution in [0.4, 0.5) is 5.69 Å². The number of aryl methyl sites for hydroxylation is 1. The number of anilines is 1. The van der Waals surface area contributed by atoms with Gasteiger partial charge in [-0.3, -0.25) is 13.9 Å². The third kappa shape index (κ3) is 6.81. The minimum Gasteiger partial charge on any atom is -0.497 e. The van der Waals surface area contributed by atoms with E-state index in [1.54, 1.807) is 43.3 Å². The van der Waals surface area contributed by atoms with Gasteiger partial charge in [0.1, 0.15) is 18.3 Å². The van der Waals surface area contributed by atoms with Crippen LogP contribution in [0, 0.1) is 6.92 Å². The number of hydrogen-bond donors (Lipinski definition) is 1. The van der Waals surface area contributed by atoms with E-state index >= 15 is 0 Å². The van der Waals surface area contributed by atoms with Gasteiger partial charge < -0.3 is 15.0 Å². The number of sulfonamides is 1. The summed E-state index contributed by atoms with van der Waals surface area (Å²) in [5.41, 5.74) is 1.89. The number of halogens is 1. The number of carbonyl (C=O) groups is 2. The van der Waals surface area contributed by atoms with Crippen LogP contribution < -0.4 is 14.4 Å². The van der Waals surface area contributed by atoms with Crippen molar-refractivity contribution in [3.63, 3.8) is 0 Å². The van der Waals surface area contributed by atoms with Crippen LogP contribution in [0.2, 0.25) is 5.02 Å². The highest BCUT2D eigenvalue weighted by Gasteiger charge is 2.32. The predicted octanol–water partition coefficient (Wildman–Crippen LogP) is 4.02. The Hall–Kier alpha value is -3.56. The normalized spacial score (nSPS) is 11.9. The van der Waals surface area contributed by atoms with E-state index in [2.05, 4.69) is 5.32 Å². The van der Waals surface area contributed by atoms with Gasteiger partial charge in [0.2, 0.25) is 11.8 Å². The molecule has 1 N–H and O–H groups in total. The molecule has 3 aromatic carbocycles. The van der Waals surface area contributed by atoms with Gasteiger partial charge in [0.15, 0.2) is 0 Å². The van der Waals surface area contributed by atoms with Crippen molar-refractivity contribution in [1.82, 2.24) is 10.2 Å². The van der Waals surface area contributed by atoms with E-state index in [4.69, 9.17) is 16.3 Å². The third-order valence-corrected chi connectivity index (χ3v) is 7.91. The number of nitrogens with one attached hydrogen (secondary N) is 1. The largest absolute Gasteiger partial charge is 0.497 e. The Labute approximate surface area is 222 Å². The van der Waals surface area contributed by atoms with Crippen molar-refractivity contribution in [2.75, 3.05) is 25.0 Å². The Bertz CT molecular complexity index is 1360. The Kier molecular flexibility index (Phi) is 9.18. The second-order valence-corrected chi connectivity index (χ2v) is 10.8. The van der Waals surface area contributed by atoms with E-state index in [9.17, 15) is 18.0 Å². The van der Waals surface area contributed by atoms with Gasteiger partial charge in [-0.2, -0.15) is 0 Å². The molecule has 3 rings (SSSR count). The second-order valence-electron chi connectivity index (χ2n) is 8.47. The molecule has 3 aromatic rings. The Morgan fingerprint density at radius 3 is 2.32 bits per heavy atom. The summed E-state index contributed by atoms with van der Waals surface area (Å²) in [4.78, 5) is 27.6. The van der Waals surface area contributed by atoms with E-state index in [1.165, 1.54) is 43.3 Å². The van der Waals surface area contributed by atoms with Crippen LogP contribution in [-0.4, -0.2) is 51.9 Å². The van der Waals surface area contributed by atoms with Gasteiger partial charge in [-0.05, 0) is 73.5 Å². The summed E-state index contributed by atoms with van der Waals surface area (Å²) < 4.78 is 33.8. The number of methoxy groups -OCH3 is 1. The number of hydrogen-bond acceptors (Lipinski definition) is 5. The van der Waals surface area contributed by atoms with Crippen molar-refractivity contribution in [1.29, 1.82) is 0 Å². The van der Waals surface area contributed by atoms with Crippen LogP contribution in [0.3, 0.4) is 0 Å². The first-order chi connectivity index (χ1) is 17.6. The molecule has 196 valence electrons. The molecule has 0 fully saturated rings. The van der Waals surface area contributed by atoms with Crippen molar-refractivity contribution in [2.24, 2.45) is 0 Å². The maximum atomic E-state index is 13.8. The minimum atomic E-state index is -4.14. The molecular formula is C27H30ClN3O5S. The van der Waals surface area contributed by atoms with Crippen molar-refractivity contribution >= 4 is 39.1 Å². The monoisotopic (exact) mass is 543 g/mol. The Morgan fingerprint density at radius 2 is 1.70 bits per heavy atom. The zero-order valence-corrected chi connectivity index (χ0v) is 22.7.